The predicted octanol–water partition coefficient (Wildman–Crippen LogP) is 1.66. The van der Waals surface area contributed by atoms with Gasteiger partial charge in [-0.15, -0.1) is 0 Å². The smallest absolute Gasteiger partial charge is 0.00758 e. The summed E-state index contributed by atoms with van der Waals surface area (Å²) < 4.78 is 3.00. The Balaban J connectivity index is 2.57. The molecule has 1 aliphatic heterocycles. The summed E-state index contributed by atoms with van der Waals surface area (Å²) in [5, 5.41) is 0. The summed E-state index contributed by atoms with van der Waals surface area (Å²) in [5.41, 5.74) is 0. The van der Waals surface area contributed by atoms with Gasteiger partial charge < -0.3 is 4.72 Å². The zero-order valence-corrected chi connectivity index (χ0v) is 4.96. The first-order valence-corrected chi connectivity index (χ1v) is 2.97. The van der Waals surface area contributed by atoms with Gasteiger partial charge in [0.15, 0.2) is 0 Å². The molecule has 1 N–H and O–H groups in total. The van der Waals surface area contributed by atoms with Crippen LogP contribution in [-0.2, 0) is 0 Å². The first kappa shape index (κ1) is 4.78. The van der Waals surface area contributed by atoms with Crippen LogP contribution < -0.4 is 4.72 Å². The number of hydrogen-bond donors (Lipinski definition) is 1. The molecule has 1 nitrogen and oxygen atoms in total. The van der Waals surface area contributed by atoms with E-state index in [0.717, 1.165) is 0 Å². The average Bonchev–Trinajstić information content (AvgIpc) is 1.69. The van der Waals surface area contributed by atoms with E-state index in [-0.39, 0.29) is 0 Å². The van der Waals surface area contributed by atoms with Gasteiger partial charge in [-0.1, -0.05) is 0 Å². The maximum absolute atomic E-state index is 3.00. The lowest BCUT2D eigenvalue weighted by Gasteiger charge is -2.01. The van der Waals surface area contributed by atoms with Crippen LogP contribution in [0.2, 0.25) is 0 Å². The third kappa shape index (κ3) is 1.27. The fourth-order valence-electron chi connectivity index (χ4n) is 0.384. The molecule has 2 heteroatoms. The highest BCUT2D eigenvalue weighted by Gasteiger charge is 1.87. The van der Waals surface area contributed by atoms with E-state index >= 15 is 0 Å². The molecule has 7 heavy (non-hydrogen) atoms. The van der Waals surface area contributed by atoms with Gasteiger partial charge in [0.2, 0.25) is 0 Å². The molecule has 0 bridgehead atoms. The molecule has 0 saturated carbocycles. The Kier molecular flexibility index (Phi) is 1.42. The zero-order valence-electron chi connectivity index (χ0n) is 4.14. The van der Waals surface area contributed by atoms with Crippen molar-refractivity contribution in [2.45, 2.75) is 6.92 Å². The minimum Gasteiger partial charge on any atom is -0.333 e. The average molecular weight is 113 g/mol. The fraction of sp³-hybridized carbons (Fsp3) is 0.200. The van der Waals surface area contributed by atoms with Gasteiger partial charge in [0.25, 0.3) is 0 Å². The Morgan fingerprint density at radius 2 is 2.57 bits per heavy atom. The van der Waals surface area contributed by atoms with Gasteiger partial charge in [0, 0.05) is 11.1 Å². The highest BCUT2D eigenvalue weighted by Crippen LogP contribution is 2.12. The van der Waals surface area contributed by atoms with E-state index in [1.165, 1.54) is 4.91 Å². The van der Waals surface area contributed by atoms with E-state index in [0.29, 0.717) is 0 Å². The standard InChI is InChI=1S/C5H7NS/c1-5-3-2-4-6-7-5/h2-4,6H,1H3. The quantitative estimate of drug-likeness (QED) is 0.479. The zero-order chi connectivity index (χ0) is 5.11. The molecule has 0 amide bonds. The first-order chi connectivity index (χ1) is 3.39. The van der Waals surface area contributed by atoms with Crippen molar-refractivity contribution in [3.05, 3.63) is 23.3 Å². The van der Waals surface area contributed by atoms with E-state index < -0.39 is 0 Å². The molecule has 1 aliphatic rings. The van der Waals surface area contributed by atoms with Gasteiger partial charge in [-0.25, -0.2) is 0 Å². The van der Waals surface area contributed by atoms with Crippen molar-refractivity contribution in [1.29, 1.82) is 0 Å². The lowest BCUT2D eigenvalue weighted by atomic mass is 10.5. The van der Waals surface area contributed by atoms with E-state index in [4.69, 9.17) is 0 Å². The number of nitrogens with one attached hydrogen (secondary N) is 1. The Hall–Kier alpha value is -0.370. The molecule has 0 fully saturated rings. The van der Waals surface area contributed by atoms with E-state index in [1.54, 1.807) is 11.9 Å². The van der Waals surface area contributed by atoms with Crippen molar-refractivity contribution >= 4 is 11.9 Å². The summed E-state index contributed by atoms with van der Waals surface area (Å²) in [5.74, 6) is 0. The lowest BCUT2D eigenvalue weighted by molar-refractivity contribution is 1.39. The van der Waals surface area contributed by atoms with E-state index in [2.05, 4.69) is 17.7 Å². The summed E-state index contributed by atoms with van der Waals surface area (Å²) in [4.78, 5) is 1.31. The van der Waals surface area contributed by atoms with E-state index in [1.807, 2.05) is 12.3 Å². The summed E-state index contributed by atoms with van der Waals surface area (Å²) in [6, 6.07) is 0. The second-order valence-corrected chi connectivity index (χ2v) is 2.44. The Morgan fingerprint density at radius 3 is 2.86 bits per heavy atom. The summed E-state index contributed by atoms with van der Waals surface area (Å²) in [6.45, 7) is 2.07. The van der Waals surface area contributed by atoms with Crippen molar-refractivity contribution < 1.29 is 0 Å². The van der Waals surface area contributed by atoms with E-state index in [9.17, 15) is 0 Å². The highest BCUT2D eigenvalue weighted by molar-refractivity contribution is 8.01. The SMILES string of the molecule is CC1=CC=CNS1. The van der Waals surface area contributed by atoms with Crippen LogP contribution in [0.4, 0.5) is 0 Å². The van der Waals surface area contributed by atoms with Crippen LogP contribution in [0.5, 0.6) is 0 Å². The largest absolute Gasteiger partial charge is 0.333 e. The molecule has 0 aromatic carbocycles. The number of allylic oxidation sites excluding steroid dienone is 3. The normalized spacial score (nSPS) is 18.1. The molecule has 38 valence electrons. The maximum Gasteiger partial charge on any atom is 0.00758 e. The van der Waals surface area contributed by atoms with Crippen LogP contribution in [0.15, 0.2) is 23.3 Å². The van der Waals surface area contributed by atoms with Gasteiger partial charge >= 0.3 is 0 Å². The molecule has 1 rings (SSSR count). The van der Waals surface area contributed by atoms with Crippen LogP contribution in [0, 0.1) is 0 Å². The van der Waals surface area contributed by atoms with Gasteiger partial charge in [-0.3, -0.25) is 0 Å². The van der Waals surface area contributed by atoms with Crippen LogP contribution in [-0.4, -0.2) is 0 Å². The third-order valence-corrected chi connectivity index (χ3v) is 1.43. The Morgan fingerprint density at radius 1 is 1.71 bits per heavy atom. The van der Waals surface area contributed by atoms with Crippen molar-refractivity contribution in [3.63, 3.8) is 0 Å². The molecule has 0 unspecified atom stereocenters. The predicted molar refractivity (Wildman–Crippen MR) is 33.6 cm³/mol. The second kappa shape index (κ2) is 2.07. The van der Waals surface area contributed by atoms with Crippen LogP contribution >= 0.6 is 11.9 Å². The molecule has 0 radical (unpaired) electrons. The minimum absolute atomic E-state index is 1.31. The van der Waals surface area contributed by atoms with Gasteiger partial charge in [0.05, 0.1) is 0 Å². The van der Waals surface area contributed by atoms with Crippen molar-refractivity contribution in [2.75, 3.05) is 0 Å². The maximum atomic E-state index is 3.00. The summed E-state index contributed by atoms with van der Waals surface area (Å²) in [6.07, 6.45) is 5.98. The third-order valence-electron chi connectivity index (χ3n) is 0.715. The molecule has 0 aromatic rings. The summed E-state index contributed by atoms with van der Waals surface area (Å²) >= 11 is 1.64. The Labute approximate surface area is 47.6 Å². The highest BCUT2D eigenvalue weighted by atomic mass is 32.2. The van der Waals surface area contributed by atoms with Crippen molar-refractivity contribution in [1.82, 2.24) is 4.72 Å². The van der Waals surface area contributed by atoms with Gasteiger partial charge in [-0.2, -0.15) is 0 Å². The van der Waals surface area contributed by atoms with Crippen LogP contribution in [0.25, 0.3) is 0 Å². The first-order valence-electron chi connectivity index (χ1n) is 2.15. The van der Waals surface area contributed by atoms with Gasteiger partial charge in [0.1, 0.15) is 0 Å². The summed E-state index contributed by atoms with van der Waals surface area (Å²) in [7, 11) is 0. The van der Waals surface area contributed by atoms with Crippen molar-refractivity contribution in [2.24, 2.45) is 0 Å². The number of hydrogen-bond acceptors (Lipinski definition) is 2. The molecule has 0 spiro atoms. The molecule has 0 atom stereocenters. The van der Waals surface area contributed by atoms with Crippen LogP contribution in [0.3, 0.4) is 0 Å². The number of rotatable bonds is 0. The second-order valence-electron chi connectivity index (χ2n) is 1.36. The molecular weight excluding hydrogens is 106 g/mol. The van der Waals surface area contributed by atoms with Gasteiger partial charge in [-0.05, 0) is 31.0 Å². The molecule has 0 aliphatic carbocycles. The van der Waals surface area contributed by atoms with Crippen LogP contribution in [0.1, 0.15) is 6.92 Å². The molecule has 1 heterocycles. The topological polar surface area (TPSA) is 12.0 Å². The van der Waals surface area contributed by atoms with Crippen molar-refractivity contribution in [3.8, 4) is 0 Å². The fourth-order valence-corrected chi connectivity index (χ4v) is 0.863. The monoisotopic (exact) mass is 113 g/mol. The molecule has 0 saturated heterocycles. The molecular formula is C5H7NS. The minimum atomic E-state index is 1.31. The molecule has 0 aromatic heterocycles. The Bertz CT molecular complexity index is 115. The lowest BCUT2D eigenvalue weighted by Crippen LogP contribution is -1.92.